The summed E-state index contributed by atoms with van der Waals surface area (Å²) in [5.74, 6) is 2.59. The Morgan fingerprint density at radius 3 is 2.96 bits per heavy atom. The van der Waals surface area contributed by atoms with Crippen LogP contribution < -0.4 is 5.32 Å². The third-order valence-corrected chi connectivity index (χ3v) is 5.41. The summed E-state index contributed by atoms with van der Waals surface area (Å²) in [6.07, 6.45) is 9.09. The van der Waals surface area contributed by atoms with Crippen LogP contribution in [0.2, 0.25) is 0 Å². The number of H-pyrrole nitrogens is 1. The molecule has 0 aromatic carbocycles. The molecule has 136 valence electrons. The minimum Gasteiger partial charge on any atom is -0.348 e. The number of thiazole rings is 1. The highest BCUT2D eigenvalue weighted by Crippen LogP contribution is 2.32. The second kappa shape index (κ2) is 7.51. The normalized spacial score (nSPS) is 18.2. The van der Waals surface area contributed by atoms with Crippen LogP contribution in [0.25, 0.3) is 0 Å². The SMILES string of the molecule is Cc1nc(Nc2ncc(C)s2)cc([C@@H]2CCCCN2Cc2ncc[nH]2)n1. The van der Waals surface area contributed by atoms with Crippen molar-refractivity contribution in [2.24, 2.45) is 0 Å². The molecule has 8 heteroatoms. The first-order chi connectivity index (χ1) is 12.7. The van der Waals surface area contributed by atoms with E-state index in [1.807, 2.05) is 26.2 Å². The van der Waals surface area contributed by atoms with E-state index < -0.39 is 0 Å². The summed E-state index contributed by atoms with van der Waals surface area (Å²) in [4.78, 5) is 24.9. The molecule has 1 fully saturated rings. The van der Waals surface area contributed by atoms with E-state index in [2.05, 4.69) is 36.2 Å². The molecule has 2 N–H and O–H groups in total. The third kappa shape index (κ3) is 3.91. The lowest BCUT2D eigenvalue weighted by Crippen LogP contribution is -2.34. The molecule has 0 amide bonds. The third-order valence-electron chi connectivity index (χ3n) is 4.58. The molecule has 0 bridgehead atoms. The van der Waals surface area contributed by atoms with Crippen molar-refractivity contribution in [3.63, 3.8) is 0 Å². The van der Waals surface area contributed by atoms with Crippen molar-refractivity contribution < 1.29 is 0 Å². The maximum atomic E-state index is 4.74. The second-order valence-corrected chi connectivity index (χ2v) is 7.88. The Morgan fingerprint density at radius 1 is 1.27 bits per heavy atom. The van der Waals surface area contributed by atoms with Crippen LogP contribution in [0.5, 0.6) is 0 Å². The van der Waals surface area contributed by atoms with Gasteiger partial charge in [0.05, 0.1) is 18.3 Å². The number of aromatic amines is 1. The Hall–Kier alpha value is -2.32. The van der Waals surface area contributed by atoms with Crippen LogP contribution in [-0.4, -0.2) is 36.4 Å². The number of rotatable bonds is 5. The highest BCUT2D eigenvalue weighted by atomic mass is 32.1. The zero-order chi connectivity index (χ0) is 17.9. The van der Waals surface area contributed by atoms with Crippen molar-refractivity contribution in [2.75, 3.05) is 11.9 Å². The highest BCUT2D eigenvalue weighted by molar-refractivity contribution is 7.15. The van der Waals surface area contributed by atoms with E-state index in [9.17, 15) is 0 Å². The van der Waals surface area contributed by atoms with E-state index in [1.165, 1.54) is 17.7 Å². The van der Waals surface area contributed by atoms with Gasteiger partial charge in [-0.05, 0) is 33.2 Å². The number of piperidine rings is 1. The van der Waals surface area contributed by atoms with Gasteiger partial charge in [0, 0.05) is 29.5 Å². The van der Waals surface area contributed by atoms with Gasteiger partial charge in [-0.2, -0.15) is 0 Å². The maximum Gasteiger partial charge on any atom is 0.188 e. The second-order valence-electron chi connectivity index (χ2n) is 6.64. The highest BCUT2D eigenvalue weighted by Gasteiger charge is 2.26. The van der Waals surface area contributed by atoms with Gasteiger partial charge in [0.15, 0.2) is 5.13 Å². The summed E-state index contributed by atoms with van der Waals surface area (Å²) >= 11 is 1.63. The van der Waals surface area contributed by atoms with Crippen LogP contribution >= 0.6 is 11.3 Å². The average molecular weight is 369 g/mol. The molecule has 3 aromatic rings. The molecule has 0 radical (unpaired) electrons. The van der Waals surface area contributed by atoms with Crippen molar-refractivity contribution in [1.29, 1.82) is 0 Å². The standard InChI is InChI=1S/C18H23N7S/c1-12-10-21-18(26-12)24-16-9-14(22-13(2)23-16)15-5-3-4-8-25(15)11-17-19-6-7-20-17/h6-7,9-10,15H,3-5,8,11H2,1-2H3,(H,19,20)(H,21,22,23,24)/t15-/m0/s1. The predicted octanol–water partition coefficient (Wildman–Crippen LogP) is 3.74. The molecule has 0 unspecified atom stereocenters. The minimum absolute atomic E-state index is 0.286. The summed E-state index contributed by atoms with van der Waals surface area (Å²) in [7, 11) is 0. The predicted molar refractivity (Wildman–Crippen MR) is 102 cm³/mol. The number of nitrogens with one attached hydrogen (secondary N) is 2. The lowest BCUT2D eigenvalue weighted by atomic mass is 9.99. The van der Waals surface area contributed by atoms with Crippen LogP contribution in [0.4, 0.5) is 10.9 Å². The van der Waals surface area contributed by atoms with Crippen LogP contribution in [0, 0.1) is 13.8 Å². The van der Waals surface area contributed by atoms with Gasteiger partial charge in [0.1, 0.15) is 17.5 Å². The molecule has 1 saturated heterocycles. The molecule has 3 aromatic heterocycles. The van der Waals surface area contributed by atoms with E-state index in [-0.39, 0.29) is 6.04 Å². The van der Waals surface area contributed by atoms with Crippen LogP contribution in [0.15, 0.2) is 24.7 Å². The summed E-state index contributed by atoms with van der Waals surface area (Å²) in [5.41, 5.74) is 1.07. The summed E-state index contributed by atoms with van der Waals surface area (Å²) in [6.45, 7) is 5.87. The molecule has 0 saturated carbocycles. The van der Waals surface area contributed by atoms with Crippen molar-refractivity contribution >= 4 is 22.3 Å². The minimum atomic E-state index is 0.286. The summed E-state index contributed by atoms with van der Waals surface area (Å²) in [5, 5.41) is 4.19. The molecule has 1 aliphatic rings. The van der Waals surface area contributed by atoms with Gasteiger partial charge in [-0.15, -0.1) is 11.3 Å². The number of hydrogen-bond donors (Lipinski definition) is 2. The van der Waals surface area contributed by atoms with Crippen molar-refractivity contribution in [3.05, 3.63) is 46.9 Å². The fourth-order valence-corrected chi connectivity index (χ4v) is 4.11. The van der Waals surface area contributed by atoms with Gasteiger partial charge in [-0.1, -0.05) is 6.42 Å². The number of anilines is 2. The molecule has 26 heavy (non-hydrogen) atoms. The molecule has 1 atom stereocenters. The lowest BCUT2D eigenvalue weighted by Gasteiger charge is -2.34. The molecule has 4 rings (SSSR count). The van der Waals surface area contributed by atoms with E-state index in [4.69, 9.17) is 4.98 Å². The Bertz CT molecular complexity index is 858. The summed E-state index contributed by atoms with van der Waals surface area (Å²) in [6, 6.07) is 2.35. The molecular weight excluding hydrogens is 346 g/mol. The Kier molecular flexibility index (Phi) is 4.94. The number of hydrogen-bond acceptors (Lipinski definition) is 7. The lowest BCUT2D eigenvalue weighted by molar-refractivity contribution is 0.134. The molecule has 4 heterocycles. The monoisotopic (exact) mass is 369 g/mol. The molecule has 1 aliphatic heterocycles. The average Bonchev–Trinajstić information content (AvgIpc) is 3.27. The number of aryl methyl sites for hydroxylation is 2. The number of likely N-dealkylation sites (tertiary alicyclic amines) is 1. The molecule has 7 nitrogen and oxygen atoms in total. The van der Waals surface area contributed by atoms with E-state index in [1.54, 1.807) is 17.5 Å². The first kappa shape index (κ1) is 17.1. The first-order valence-corrected chi connectivity index (χ1v) is 9.76. The van der Waals surface area contributed by atoms with Crippen molar-refractivity contribution in [1.82, 2.24) is 29.8 Å². The zero-order valence-corrected chi connectivity index (χ0v) is 15.9. The fourth-order valence-electron chi connectivity index (χ4n) is 3.44. The maximum absolute atomic E-state index is 4.74. The van der Waals surface area contributed by atoms with Gasteiger partial charge < -0.3 is 10.3 Å². The zero-order valence-electron chi connectivity index (χ0n) is 15.1. The topological polar surface area (TPSA) is 82.6 Å². The first-order valence-electron chi connectivity index (χ1n) is 8.95. The summed E-state index contributed by atoms with van der Waals surface area (Å²) < 4.78 is 0. The Labute approximate surface area is 156 Å². The van der Waals surface area contributed by atoms with Crippen LogP contribution in [-0.2, 0) is 6.54 Å². The smallest absolute Gasteiger partial charge is 0.188 e. The molecular formula is C18H23N7S. The van der Waals surface area contributed by atoms with E-state index in [0.717, 1.165) is 47.8 Å². The van der Waals surface area contributed by atoms with E-state index >= 15 is 0 Å². The largest absolute Gasteiger partial charge is 0.348 e. The van der Waals surface area contributed by atoms with Gasteiger partial charge in [0.25, 0.3) is 0 Å². The molecule has 0 aliphatic carbocycles. The van der Waals surface area contributed by atoms with Gasteiger partial charge in [-0.3, -0.25) is 4.90 Å². The van der Waals surface area contributed by atoms with Crippen LogP contribution in [0.3, 0.4) is 0 Å². The van der Waals surface area contributed by atoms with Gasteiger partial charge in [0.2, 0.25) is 0 Å². The Balaban J connectivity index is 1.58. The van der Waals surface area contributed by atoms with Gasteiger partial charge in [-0.25, -0.2) is 19.9 Å². The quantitative estimate of drug-likeness (QED) is 0.713. The Morgan fingerprint density at radius 2 is 2.19 bits per heavy atom. The van der Waals surface area contributed by atoms with Crippen LogP contribution in [0.1, 0.15) is 47.5 Å². The number of nitrogens with zero attached hydrogens (tertiary/aromatic N) is 5. The van der Waals surface area contributed by atoms with Crippen molar-refractivity contribution in [3.8, 4) is 0 Å². The fraction of sp³-hybridized carbons (Fsp3) is 0.444. The number of imidazole rings is 1. The van der Waals surface area contributed by atoms with E-state index in [0.29, 0.717) is 0 Å². The van der Waals surface area contributed by atoms with Gasteiger partial charge >= 0.3 is 0 Å². The molecule has 0 spiro atoms. The van der Waals surface area contributed by atoms with Crippen molar-refractivity contribution in [2.45, 2.75) is 45.7 Å². The number of aromatic nitrogens is 5.